The number of para-hydroxylation sites is 1. The van der Waals surface area contributed by atoms with Crippen LogP contribution in [-0.2, 0) is 0 Å². The lowest BCUT2D eigenvalue weighted by atomic mass is 9.98. The van der Waals surface area contributed by atoms with Crippen molar-refractivity contribution in [2.24, 2.45) is 0 Å². The van der Waals surface area contributed by atoms with E-state index in [4.69, 9.17) is 9.84 Å². The summed E-state index contributed by atoms with van der Waals surface area (Å²) < 4.78 is 7.50. The maximum atomic E-state index is 5.60. The Hall–Kier alpha value is -3.73. The van der Waals surface area contributed by atoms with Gasteiger partial charge in [-0.2, -0.15) is 5.10 Å². The summed E-state index contributed by atoms with van der Waals surface area (Å²) >= 11 is 0. The van der Waals surface area contributed by atoms with Crippen molar-refractivity contribution in [3.05, 3.63) is 79.1 Å². The van der Waals surface area contributed by atoms with E-state index in [1.54, 1.807) is 0 Å². The molecular weight excluding hydrogens is 348 g/mol. The molecule has 0 bridgehead atoms. The van der Waals surface area contributed by atoms with Crippen molar-refractivity contribution in [2.45, 2.75) is 6.92 Å². The first-order valence-corrected chi connectivity index (χ1v) is 9.27. The molecule has 0 spiro atoms. The van der Waals surface area contributed by atoms with Crippen LogP contribution >= 0.6 is 0 Å². The van der Waals surface area contributed by atoms with E-state index in [1.807, 2.05) is 78.4 Å². The Balaban J connectivity index is 1.83. The molecule has 4 heterocycles. The first-order valence-electron chi connectivity index (χ1n) is 9.27. The molecule has 0 saturated heterocycles. The number of benzene rings is 1. The van der Waals surface area contributed by atoms with Gasteiger partial charge in [-0.15, -0.1) is 0 Å². The van der Waals surface area contributed by atoms with Crippen LogP contribution < -0.4 is 4.74 Å². The number of ether oxygens (including phenoxy) is 1. The Morgan fingerprint density at radius 2 is 1.82 bits per heavy atom. The van der Waals surface area contributed by atoms with Crippen molar-refractivity contribution in [3.8, 4) is 28.4 Å². The van der Waals surface area contributed by atoms with E-state index >= 15 is 0 Å². The van der Waals surface area contributed by atoms with Crippen LogP contribution in [0.3, 0.4) is 0 Å². The molecule has 0 radical (unpaired) electrons. The van der Waals surface area contributed by atoms with Crippen molar-refractivity contribution >= 4 is 16.4 Å². The fraction of sp³-hybridized carbons (Fsp3) is 0.0870. The Bertz CT molecular complexity index is 1290. The number of pyridine rings is 3. The predicted octanol–water partition coefficient (Wildman–Crippen LogP) is 5.01. The van der Waals surface area contributed by atoms with Crippen LogP contribution in [0.5, 0.6) is 5.88 Å². The van der Waals surface area contributed by atoms with E-state index in [2.05, 4.69) is 22.1 Å². The van der Waals surface area contributed by atoms with Gasteiger partial charge in [0.1, 0.15) is 5.69 Å². The van der Waals surface area contributed by atoms with Crippen LogP contribution in [0.4, 0.5) is 0 Å². The second-order valence-electron chi connectivity index (χ2n) is 6.42. The third kappa shape index (κ3) is 2.68. The van der Waals surface area contributed by atoms with Gasteiger partial charge >= 0.3 is 0 Å². The molecule has 0 aliphatic rings. The highest BCUT2D eigenvalue weighted by Gasteiger charge is 2.19. The highest BCUT2D eigenvalue weighted by atomic mass is 16.5. The lowest BCUT2D eigenvalue weighted by Gasteiger charge is -2.08. The molecule has 1 aromatic carbocycles. The monoisotopic (exact) mass is 366 g/mol. The lowest BCUT2D eigenvalue weighted by molar-refractivity contribution is 0.327. The molecule has 0 atom stereocenters. The summed E-state index contributed by atoms with van der Waals surface area (Å²) in [5.41, 5.74) is 5.72. The third-order valence-corrected chi connectivity index (χ3v) is 4.72. The van der Waals surface area contributed by atoms with E-state index in [0.29, 0.717) is 12.5 Å². The molecule has 5 aromatic rings. The van der Waals surface area contributed by atoms with Crippen LogP contribution in [0.15, 0.2) is 79.1 Å². The van der Waals surface area contributed by atoms with Gasteiger partial charge in [0.2, 0.25) is 5.88 Å². The van der Waals surface area contributed by atoms with Crippen LogP contribution in [0.25, 0.3) is 38.9 Å². The number of hydrogen-bond acceptors (Lipinski definition) is 4. The molecule has 28 heavy (non-hydrogen) atoms. The standard InChI is InChI=1S/C23H18N4O/c1-2-28-21-12-7-10-19(25-21)23-22(20-11-5-6-15-27(20)26-23)17-13-14-24-18-9-4-3-8-16(17)18/h3-15H,2H2,1H3. The number of nitrogens with zero attached hydrogens (tertiary/aromatic N) is 4. The number of hydrogen-bond donors (Lipinski definition) is 0. The van der Waals surface area contributed by atoms with Crippen LogP contribution in [0.1, 0.15) is 6.92 Å². The van der Waals surface area contributed by atoms with Gasteiger partial charge in [0.05, 0.1) is 23.3 Å². The molecule has 4 aromatic heterocycles. The molecule has 0 N–H and O–H groups in total. The zero-order chi connectivity index (χ0) is 18.9. The zero-order valence-electron chi connectivity index (χ0n) is 15.4. The minimum Gasteiger partial charge on any atom is -0.478 e. The Morgan fingerprint density at radius 3 is 2.75 bits per heavy atom. The SMILES string of the molecule is CCOc1cccc(-c2nn3ccccc3c2-c2ccnc3ccccc23)n1. The van der Waals surface area contributed by atoms with Crippen molar-refractivity contribution in [2.75, 3.05) is 6.61 Å². The summed E-state index contributed by atoms with van der Waals surface area (Å²) in [6.07, 6.45) is 3.80. The molecular formula is C23H18N4O. The molecule has 0 aliphatic carbocycles. The molecule has 5 rings (SSSR count). The van der Waals surface area contributed by atoms with Crippen LogP contribution in [0, 0.1) is 0 Å². The number of fused-ring (bicyclic) bond motifs is 2. The van der Waals surface area contributed by atoms with Crippen molar-refractivity contribution in [1.29, 1.82) is 0 Å². The van der Waals surface area contributed by atoms with E-state index in [9.17, 15) is 0 Å². The molecule has 5 nitrogen and oxygen atoms in total. The molecule has 5 heteroatoms. The summed E-state index contributed by atoms with van der Waals surface area (Å²) in [6.45, 7) is 2.53. The van der Waals surface area contributed by atoms with Gasteiger partial charge in [-0.3, -0.25) is 4.98 Å². The average molecular weight is 366 g/mol. The summed E-state index contributed by atoms with van der Waals surface area (Å²) in [4.78, 5) is 9.19. The van der Waals surface area contributed by atoms with Crippen LogP contribution in [0.2, 0.25) is 0 Å². The fourth-order valence-corrected chi connectivity index (χ4v) is 3.53. The van der Waals surface area contributed by atoms with Gasteiger partial charge in [-0.1, -0.05) is 30.3 Å². The van der Waals surface area contributed by atoms with Gasteiger partial charge < -0.3 is 4.74 Å². The van der Waals surface area contributed by atoms with Crippen LogP contribution in [-0.4, -0.2) is 26.2 Å². The van der Waals surface area contributed by atoms with E-state index in [0.717, 1.165) is 38.9 Å². The second-order valence-corrected chi connectivity index (χ2v) is 6.42. The van der Waals surface area contributed by atoms with Gasteiger partial charge in [-0.25, -0.2) is 9.50 Å². The average Bonchev–Trinajstić information content (AvgIpc) is 3.13. The largest absolute Gasteiger partial charge is 0.478 e. The fourth-order valence-electron chi connectivity index (χ4n) is 3.53. The first kappa shape index (κ1) is 16.4. The Kier molecular flexibility index (Phi) is 3.98. The lowest BCUT2D eigenvalue weighted by Crippen LogP contribution is -1.96. The predicted molar refractivity (Wildman–Crippen MR) is 110 cm³/mol. The van der Waals surface area contributed by atoms with Gasteiger partial charge in [0, 0.05) is 29.4 Å². The molecule has 0 fully saturated rings. The highest BCUT2D eigenvalue weighted by molar-refractivity contribution is 6.03. The maximum absolute atomic E-state index is 5.60. The number of aromatic nitrogens is 4. The third-order valence-electron chi connectivity index (χ3n) is 4.72. The van der Waals surface area contributed by atoms with Gasteiger partial charge in [-0.05, 0) is 42.8 Å². The van der Waals surface area contributed by atoms with Crippen molar-refractivity contribution in [3.63, 3.8) is 0 Å². The quantitative estimate of drug-likeness (QED) is 0.449. The molecule has 0 amide bonds. The van der Waals surface area contributed by atoms with E-state index in [1.165, 1.54) is 0 Å². The first-order chi connectivity index (χ1) is 13.8. The molecule has 136 valence electrons. The van der Waals surface area contributed by atoms with Gasteiger partial charge in [0.25, 0.3) is 0 Å². The minimum atomic E-state index is 0.573. The summed E-state index contributed by atoms with van der Waals surface area (Å²) in [5.74, 6) is 0.600. The van der Waals surface area contributed by atoms with Crippen molar-refractivity contribution < 1.29 is 4.74 Å². The maximum Gasteiger partial charge on any atom is 0.213 e. The molecule has 0 unspecified atom stereocenters. The topological polar surface area (TPSA) is 52.3 Å². The smallest absolute Gasteiger partial charge is 0.213 e. The second kappa shape index (κ2) is 6.78. The summed E-state index contributed by atoms with van der Waals surface area (Å²) in [7, 11) is 0. The zero-order valence-corrected chi connectivity index (χ0v) is 15.4. The highest BCUT2D eigenvalue weighted by Crippen LogP contribution is 2.37. The molecule has 0 saturated carbocycles. The van der Waals surface area contributed by atoms with Gasteiger partial charge in [0.15, 0.2) is 0 Å². The number of rotatable bonds is 4. The summed E-state index contributed by atoms with van der Waals surface area (Å²) in [5, 5.41) is 5.93. The van der Waals surface area contributed by atoms with E-state index in [-0.39, 0.29) is 0 Å². The summed E-state index contributed by atoms with van der Waals surface area (Å²) in [6, 6.07) is 22.1. The Morgan fingerprint density at radius 1 is 0.929 bits per heavy atom. The minimum absolute atomic E-state index is 0.573. The van der Waals surface area contributed by atoms with E-state index < -0.39 is 0 Å². The molecule has 0 aliphatic heterocycles. The Labute approximate surface area is 162 Å². The normalized spacial score (nSPS) is 11.2. The van der Waals surface area contributed by atoms with Crippen molar-refractivity contribution in [1.82, 2.24) is 19.6 Å².